The van der Waals surface area contributed by atoms with Gasteiger partial charge in [0.05, 0.1) is 6.10 Å². The highest BCUT2D eigenvalue weighted by molar-refractivity contribution is 7.07. The molecule has 0 radical (unpaired) electrons. The summed E-state index contributed by atoms with van der Waals surface area (Å²) in [4.78, 5) is 17.6. The summed E-state index contributed by atoms with van der Waals surface area (Å²) in [6, 6.07) is 2.21. The van der Waals surface area contributed by atoms with Gasteiger partial charge in [0.1, 0.15) is 0 Å². The topological polar surface area (TPSA) is 32.8 Å². The van der Waals surface area contributed by atoms with Crippen molar-refractivity contribution in [3.8, 4) is 0 Å². The van der Waals surface area contributed by atoms with Crippen molar-refractivity contribution in [1.82, 2.24) is 9.80 Å². The second kappa shape index (κ2) is 6.91. The Kier molecular flexibility index (Phi) is 4.69. The van der Waals surface area contributed by atoms with E-state index in [0.29, 0.717) is 17.9 Å². The number of hydrogen-bond acceptors (Lipinski definition) is 4. The first-order chi connectivity index (χ1) is 11.3. The Balaban J connectivity index is 1.44. The Morgan fingerprint density at radius 2 is 2.13 bits per heavy atom. The summed E-state index contributed by atoms with van der Waals surface area (Å²) in [5.41, 5.74) is 1.40. The van der Waals surface area contributed by atoms with Gasteiger partial charge in [0.15, 0.2) is 0 Å². The van der Waals surface area contributed by atoms with E-state index in [1.807, 2.05) is 0 Å². The van der Waals surface area contributed by atoms with Crippen LogP contribution >= 0.6 is 11.3 Å². The predicted octanol–water partition coefficient (Wildman–Crippen LogP) is 2.60. The van der Waals surface area contributed by atoms with E-state index in [1.54, 1.807) is 11.3 Å². The largest absolute Gasteiger partial charge is 0.378 e. The molecule has 3 fully saturated rings. The van der Waals surface area contributed by atoms with E-state index in [0.717, 1.165) is 52.2 Å². The molecule has 4 nitrogen and oxygen atoms in total. The first-order valence-electron chi connectivity index (χ1n) is 8.95. The molecule has 0 N–H and O–H groups in total. The zero-order valence-corrected chi connectivity index (χ0v) is 14.5. The molecule has 0 saturated carbocycles. The smallest absolute Gasteiger partial charge is 0.226 e. The monoisotopic (exact) mass is 334 g/mol. The summed E-state index contributed by atoms with van der Waals surface area (Å²) in [7, 11) is 0. The molecule has 1 aromatic heterocycles. The third kappa shape index (κ3) is 3.32. The minimum Gasteiger partial charge on any atom is -0.378 e. The Labute approximate surface area is 142 Å². The van der Waals surface area contributed by atoms with Crippen molar-refractivity contribution >= 4 is 17.2 Å². The van der Waals surface area contributed by atoms with Crippen LogP contribution in [0.3, 0.4) is 0 Å². The van der Waals surface area contributed by atoms with Crippen LogP contribution in [0.1, 0.15) is 31.2 Å². The van der Waals surface area contributed by atoms with Crippen LogP contribution in [0.5, 0.6) is 0 Å². The third-order valence-electron chi connectivity index (χ3n) is 5.68. The molecule has 0 spiro atoms. The molecule has 0 unspecified atom stereocenters. The molecular formula is C18H26N2O2S. The summed E-state index contributed by atoms with van der Waals surface area (Å²) >= 11 is 1.76. The van der Waals surface area contributed by atoms with Gasteiger partial charge in [-0.2, -0.15) is 11.3 Å². The molecule has 3 atom stereocenters. The molecule has 1 aromatic rings. The number of piperidine rings is 1. The van der Waals surface area contributed by atoms with Crippen LogP contribution in [0, 0.1) is 11.8 Å². The summed E-state index contributed by atoms with van der Waals surface area (Å²) in [6.07, 6.45) is 4.61. The van der Waals surface area contributed by atoms with E-state index < -0.39 is 0 Å². The molecule has 5 heteroatoms. The maximum atomic E-state index is 12.9. The van der Waals surface area contributed by atoms with Gasteiger partial charge in [-0.05, 0) is 48.1 Å². The molecule has 3 aliphatic rings. The zero-order valence-electron chi connectivity index (χ0n) is 13.7. The molecule has 23 heavy (non-hydrogen) atoms. The molecule has 4 rings (SSSR count). The van der Waals surface area contributed by atoms with Crippen LogP contribution in [0.15, 0.2) is 16.8 Å². The number of fused-ring (bicyclic) bond motifs is 1. The van der Waals surface area contributed by atoms with E-state index >= 15 is 0 Å². The fraction of sp³-hybridized carbons (Fsp3) is 0.722. The number of thiophene rings is 1. The number of carbonyl (C=O) groups excluding carboxylic acids is 1. The van der Waals surface area contributed by atoms with E-state index in [9.17, 15) is 4.79 Å². The first-order valence-corrected chi connectivity index (χ1v) is 9.89. The van der Waals surface area contributed by atoms with Gasteiger partial charge in [0.2, 0.25) is 5.91 Å². The minimum atomic E-state index is 0.178. The van der Waals surface area contributed by atoms with Gasteiger partial charge in [0, 0.05) is 51.2 Å². The lowest BCUT2D eigenvalue weighted by molar-refractivity contribution is -0.150. The summed E-state index contributed by atoms with van der Waals surface area (Å²) in [5, 5.41) is 4.38. The molecule has 1 amide bonds. The number of hydrogen-bond donors (Lipinski definition) is 0. The number of amides is 1. The molecule has 3 aliphatic heterocycles. The average molecular weight is 334 g/mol. The lowest BCUT2D eigenvalue weighted by Crippen LogP contribution is -2.53. The Morgan fingerprint density at radius 3 is 2.91 bits per heavy atom. The maximum absolute atomic E-state index is 12.9. The maximum Gasteiger partial charge on any atom is 0.226 e. The summed E-state index contributed by atoms with van der Waals surface area (Å²) in [5.74, 6) is 0.958. The first kappa shape index (κ1) is 15.6. The van der Waals surface area contributed by atoms with Crippen molar-refractivity contribution in [2.45, 2.75) is 38.3 Å². The lowest BCUT2D eigenvalue weighted by atomic mass is 9.78. The van der Waals surface area contributed by atoms with Crippen LogP contribution in [0.2, 0.25) is 0 Å². The van der Waals surface area contributed by atoms with Crippen molar-refractivity contribution in [3.05, 3.63) is 22.4 Å². The molecule has 0 bridgehead atoms. The standard InChI is InChI=1S/C18H26N2O2S/c21-18(20-6-1-2-7-20)15-4-9-22-17-3-8-19(12-16(15)17)11-14-5-10-23-13-14/h5,10,13,15-17H,1-4,6-9,11-12H2/t15-,16-,17-/m1/s1. The van der Waals surface area contributed by atoms with E-state index in [2.05, 4.69) is 26.6 Å². The van der Waals surface area contributed by atoms with Crippen LogP contribution in [-0.4, -0.2) is 54.6 Å². The van der Waals surface area contributed by atoms with Crippen LogP contribution in [0.25, 0.3) is 0 Å². The van der Waals surface area contributed by atoms with Gasteiger partial charge in [-0.15, -0.1) is 0 Å². The number of ether oxygens (including phenoxy) is 1. The number of rotatable bonds is 3. The molecular weight excluding hydrogens is 308 g/mol. The highest BCUT2D eigenvalue weighted by Gasteiger charge is 2.43. The number of likely N-dealkylation sites (tertiary alicyclic amines) is 2. The summed E-state index contributed by atoms with van der Waals surface area (Å²) < 4.78 is 6.01. The fourth-order valence-corrected chi connectivity index (χ4v) is 5.11. The van der Waals surface area contributed by atoms with Crippen LogP contribution < -0.4 is 0 Å². The van der Waals surface area contributed by atoms with E-state index in [-0.39, 0.29) is 5.92 Å². The van der Waals surface area contributed by atoms with Crippen molar-refractivity contribution < 1.29 is 9.53 Å². The molecule has 0 aliphatic carbocycles. The minimum absolute atomic E-state index is 0.178. The van der Waals surface area contributed by atoms with E-state index in [4.69, 9.17) is 4.74 Å². The Morgan fingerprint density at radius 1 is 1.26 bits per heavy atom. The van der Waals surface area contributed by atoms with Crippen molar-refractivity contribution in [1.29, 1.82) is 0 Å². The average Bonchev–Trinajstić information content (AvgIpc) is 3.27. The molecule has 3 saturated heterocycles. The SMILES string of the molecule is O=C([C@@H]1CCO[C@@H]2CCN(Cc3ccsc3)C[C@@H]21)N1CCCC1. The Bertz CT molecular complexity index is 527. The summed E-state index contributed by atoms with van der Waals surface area (Å²) in [6.45, 7) is 5.79. The van der Waals surface area contributed by atoms with Gasteiger partial charge in [-0.1, -0.05) is 0 Å². The molecule has 126 valence electrons. The van der Waals surface area contributed by atoms with E-state index in [1.165, 1.54) is 18.4 Å². The quantitative estimate of drug-likeness (QED) is 0.852. The van der Waals surface area contributed by atoms with Gasteiger partial charge >= 0.3 is 0 Å². The number of carbonyl (C=O) groups is 1. The Hall–Kier alpha value is -0.910. The second-order valence-electron chi connectivity index (χ2n) is 7.16. The predicted molar refractivity (Wildman–Crippen MR) is 91.4 cm³/mol. The van der Waals surface area contributed by atoms with Crippen LogP contribution in [0.4, 0.5) is 0 Å². The fourth-order valence-electron chi connectivity index (χ4n) is 4.45. The van der Waals surface area contributed by atoms with Gasteiger partial charge in [-0.3, -0.25) is 9.69 Å². The van der Waals surface area contributed by atoms with Crippen LogP contribution in [-0.2, 0) is 16.1 Å². The zero-order chi connectivity index (χ0) is 15.6. The highest BCUT2D eigenvalue weighted by atomic mass is 32.1. The van der Waals surface area contributed by atoms with Crippen molar-refractivity contribution in [2.24, 2.45) is 11.8 Å². The molecule has 0 aromatic carbocycles. The lowest BCUT2D eigenvalue weighted by Gasteiger charge is -2.45. The third-order valence-corrected chi connectivity index (χ3v) is 6.41. The highest BCUT2D eigenvalue weighted by Crippen LogP contribution is 2.35. The van der Waals surface area contributed by atoms with Gasteiger partial charge < -0.3 is 9.64 Å². The number of nitrogens with zero attached hydrogens (tertiary/aromatic N) is 2. The normalized spacial score (nSPS) is 32.0. The van der Waals surface area contributed by atoms with Crippen molar-refractivity contribution in [2.75, 3.05) is 32.8 Å². The second-order valence-corrected chi connectivity index (χ2v) is 7.94. The molecule has 4 heterocycles. The van der Waals surface area contributed by atoms with Gasteiger partial charge in [-0.25, -0.2) is 0 Å². The van der Waals surface area contributed by atoms with Gasteiger partial charge in [0.25, 0.3) is 0 Å². The van der Waals surface area contributed by atoms with Crippen molar-refractivity contribution in [3.63, 3.8) is 0 Å².